The molecule has 2 aliphatic heterocycles. The van der Waals surface area contributed by atoms with Gasteiger partial charge in [0.05, 0.1) is 4.91 Å². The molecule has 0 bridgehead atoms. The number of hydrogen-bond acceptors (Lipinski definition) is 7. The molecule has 0 unspecified atom stereocenters. The summed E-state index contributed by atoms with van der Waals surface area (Å²) in [5.74, 6) is 1.16. The number of hydrogen-bond donors (Lipinski definition) is 1. The number of rotatable bonds is 7. The highest BCUT2D eigenvalue weighted by Crippen LogP contribution is 2.34. The molecule has 2 heterocycles. The molecule has 0 spiro atoms. The van der Waals surface area contributed by atoms with Crippen molar-refractivity contribution in [1.29, 1.82) is 0 Å². The van der Waals surface area contributed by atoms with E-state index < -0.39 is 17.1 Å². The van der Waals surface area contributed by atoms with Crippen LogP contribution in [0.15, 0.2) is 71.6 Å². The van der Waals surface area contributed by atoms with Crippen LogP contribution in [0.1, 0.15) is 16.7 Å². The minimum absolute atomic E-state index is 0.224. The zero-order valence-corrected chi connectivity index (χ0v) is 20.2. The molecule has 3 amide bonds. The number of anilines is 1. The summed E-state index contributed by atoms with van der Waals surface area (Å²) in [6.45, 7) is 2.11. The molecule has 1 fully saturated rings. The summed E-state index contributed by atoms with van der Waals surface area (Å²) in [7, 11) is 0. The van der Waals surface area contributed by atoms with Crippen molar-refractivity contribution >= 4 is 40.6 Å². The van der Waals surface area contributed by atoms with Gasteiger partial charge >= 0.3 is 0 Å². The van der Waals surface area contributed by atoms with E-state index >= 15 is 0 Å². The molecule has 3 aromatic carbocycles. The van der Waals surface area contributed by atoms with Gasteiger partial charge in [-0.1, -0.05) is 36.4 Å². The lowest BCUT2D eigenvalue weighted by atomic mass is 10.2. The number of benzene rings is 3. The Labute approximate surface area is 211 Å². The molecule has 5 rings (SSSR count). The first-order valence-electron chi connectivity index (χ1n) is 11.2. The monoisotopic (exact) mass is 502 g/mol. The molecule has 182 valence electrons. The minimum atomic E-state index is -0.493. The van der Waals surface area contributed by atoms with Gasteiger partial charge in [0.25, 0.3) is 11.1 Å². The van der Waals surface area contributed by atoms with Gasteiger partial charge in [0, 0.05) is 5.69 Å². The lowest BCUT2D eigenvalue weighted by Crippen LogP contribution is -2.36. The maximum absolute atomic E-state index is 12.8. The fraction of sp³-hybridized carbons (Fsp3) is 0.148. The standard InChI is InChI=1S/C27H22N2O6S/c1-17-4-2-3-5-21(17)28-25(30)14-29-26(31)24(36-27(29)32)13-18-6-9-20(10-7-18)33-15-19-8-11-22-23(12-19)35-16-34-22/h2-13H,14-16H2,1H3,(H,28,30). The molecule has 36 heavy (non-hydrogen) atoms. The van der Waals surface area contributed by atoms with Gasteiger partial charge in [-0.3, -0.25) is 19.3 Å². The molecule has 0 aromatic heterocycles. The van der Waals surface area contributed by atoms with Crippen LogP contribution in [-0.4, -0.2) is 35.3 Å². The Morgan fingerprint density at radius 3 is 2.64 bits per heavy atom. The van der Waals surface area contributed by atoms with Crippen LogP contribution in [0.4, 0.5) is 10.5 Å². The number of aryl methyl sites for hydroxylation is 1. The van der Waals surface area contributed by atoms with Crippen LogP contribution in [0.25, 0.3) is 6.08 Å². The van der Waals surface area contributed by atoms with Crippen LogP contribution in [-0.2, 0) is 16.2 Å². The second-order valence-electron chi connectivity index (χ2n) is 8.18. The molecule has 9 heteroatoms. The number of ether oxygens (including phenoxy) is 3. The number of nitrogens with one attached hydrogen (secondary N) is 1. The number of amides is 3. The first kappa shape index (κ1) is 23.5. The van der Waals surface area contributed by atoms with Crippen LogP contribution in [0, 0.1) is 6.92 Å². The third-order valence-corrected chi connectivity index (χ3v) is 6.52. The molecule has 0 atom stereocenters. The molecule has 1 saturated heterocycles. The first-order valence-corrected chi connectivity index (χ1v) is 12.0. The fourth-order valence-corrected chi connectivity index (χ4v) is 4.53. The number of thioether (sulfide) groups is 1. The summed E-state index contributed by atoms with van der Waals surface area (Å²) in [4.78, 5) is 38.8. The van der Waals surface area contributed by atoms with Gasteiger partial charge in [-0.25, -0.2) is 0 Å². The Kier molecular flexibility index (Phi) is 6.64. The van der Waals surface area contributed by atoms with Crippen molar-refractivity contribution in [3.63, 3.8) is 0 Å². The smallest absolute Gasteiger partial charge is 0.294 e. The van der Waals surface area contributed by atoms with Crippen LogP contribution < -0.4 is 19.5 Å². The van der Waals surface area contributed by atoms with Crippen molar-refractivity contribution in [2.24, 2.45) is 0 Å². The maximum Gasteiger partial charge on any atom is 0.294 e. The topological polar surface area (TPSA) is 94.2 Å². The Balaban J connectivity index is 1.18. The van der Waals surface area contributed by atoms with Gasteiger partial charge in [-0.15, -0.1) is 0 Å². The number of nitrogens with zero attached hydrogens (tertiary/aromatic N) is 1. The highest BCUT2D eigenvalue weighted by atomic mass is 32.2. The van der Waals surface area contributed by atoms with Crippen molar-refractivity contribution in [1.82, 2.24) is 4.90 Å². The zero-order valence-electron chi connectivity index (χ0n) is 19.4. The van der Waals surface area contributed by atoms with E-state index in [0.717, 1.165) is 39.1 Å². The van der Waals surface area contributed by atoms with Gasteiger partial charge in [0.1, 0.15) is 18.9 Å². The van der Waals surface area contributed by atoms with E-state index in [2.05, 4.69) is 5.32 Å². The van der Waals surface area contributed by atoms with Gasteiger partial charge < -0.3 is 19.5 Å². The third kappa shape index (κ3) is 5.21. The molecular weight excluding hydrogens is 480 g/mol. The fourth-order valence-electron chi connectivity index (χ4n) is 3.69. The molecule has 2 aliphatic rings. The quantitative estimate of drug-likeness (QED) is 0.456. The molecule has 1 N–H and O–H groups in total. The summed E-state index contributed by atoms with van der Waals surface area (Å²) in [5, 5.41) is 2.27. The Morgan fingerprint density at radius 2 is 1.83 bits per heavy atom. The van der Waals surface area contributed by atoms with Crippen molar-refractivity contribution in [3.8, 4) is 17.2 Å². The zero-order chi connectivity index (χ0) is 25.1. The summed E-state index contributed by atoms with van der Waals surface area (Å²) in [6, 6.07) is 20.1. The van der Waals surface area contributed by atoms with Crippen molar-refractivity contribution in [2.75, 3.05) is 18.7 Å². The molecule has 0 saturated carbocycles. The Hall–Kier alpha value is -4.24. The summed E-state index contributed by atoms with van der Waals surface area (Å²) in [6.07, 6.45) is 1.63. The number of carbonyl (C=O) groups is 3. The van der Waals surface area contributed by atoms with E-state index in [-0.39, 0.29) is 18.2 Å². The largest absolute Gasteiger partial charge is 0.489 e. The average molecular weight is 503 g/mol. The maximum atomic E-state index is 12.8. The van der Waals surface area contributed by atoms with E-state index in [1.807, 2.05) is 37.3 Å². The Bertz CT molecular complexity index is 1370. The predicted octanol–water partition coefficient (Wildman–Crippen LogP) is 4.98. The molecule has 8 nitrogen and oxygen atoms in total. The van der Waals surface area contributed by atoms with E-state index in [9.17, 15) is 14.4 Å². The predicted molar refractivity (Wildman–Crippen MR) is 136 cm³/mol. The molecular formula is C27H22N2O6S. The second kappa shape index (κ2) is 10.2. The number of fused-ring (bicyclic) bond motifs is 1. The van der Waals surface area contributed by atoms with E-state index in [1.54, 1.807) is 42.5 Å². The van der Waals surface area contributed by atoms with Gasteiger partial charge in [-0.2, -0.15) is 0 Å². The number of carbonyl (C=O) groups excluding carboxylic acids is 3. The third-order valence-electron chi connectivity index (χ3n) is 5.61. The van der Waals surface area contributed by atoms with Crippen molar-refractivity contribution in [3.05, 3.63) is 88.3 Å². The van der Waals surface area contributed by atoms with Gasteiger partial charge in [0.15, 0.2) is 11.5 Å². The summed E-state index contributed by atoms with van der Waals surface area (Å²) in [5.41, 5.74) is 3.22. The number of para-hydroxylation sites is 1. The van der Waals surface area contributed by atoms with Gasteiger partial charge in [-0.05, 0) is 71.8 Å². The van der Waals surface area contributed by atoms with Crippen LogP contribution in [0.3, 0.4) is 0 Å². The average Bonchev–Trinajstić information content (AvgIpc) is 3.44. The molecule has 0 aliphatic carbocycles. The van der Waals surface area contributed by atoms with E-state index in [0.29, 0.717) is 23.8 Å². The normalized spacial score (nSPS) is 15.5. The molecule has 0 radical (unpaired) electrons. The molecule has 3 aromatic rings. The van der Waals surface area contributed by atoms with Crippen LogP contribution in [0.2, 0.25) is 0 Å². The second-order valence-corrected chi connectivity index (χ2v) is 9.17. The van der Waals surface area contributed by atoms with Crippen molar-refractivity contribution in [2.45, 2.75) is 13.5 Å². The Morgan fingerprint density at radius 1 is 1.06 bits per heavy atom. The van der Waals surface area contributed by atoms with Crippen LogP contribution >= 0.6 is 11.8 Å². The highest BCUT2D eigenvalue weighted by Gasteiger charge is 2.36. The van der Waals surface area contributed by atoms with Gasteiger partial charge in [0.2, 0.25) is 12.7 Å². The van der Waals surface area contributed by atoms with E-state index in [4.69, 9.17) is 14.2 Å². The minimum Gasteiger partial charge on any atom is -0.489 e. The first-order chi connectivity index (χ1) is 17.5. The highest BCUT2D eigenvalue weighted by molar-refractivity contribution is 8.18. The summed E-state index contributed by atoms with van der Waals surface area (Å²) >= 11 is 0.815. The SMILES string of the molecule is Cc1ccccc1NC(=O)CN1C(=O)SC(=Cc2ccc(OCc3ccc4c(c3)OCO4)cc2)C1=O. The number of imide groups is 1. The summed E-state index contributed by atoms with van der Waals surface area (Å²) < 4.78 is 16.5. The van der Waals surface area contributed by atoms with Crippen molar-refractivity contribution < 1.29 is 28.6 Å². The van der Waals surface area contributed by atoms with Crippen LogP contribution in [0.5, 0.6) is 17.2 Å². The lowest BCUT2D eigenvalue weighted by Gasteiger charge is -2.13. The lowest BCUT2D eigenvalue weighted by molar-refractivity contribution is -0.127. The van der Waals surface area contributed by atoms with E-state index in [1.165, 1.54) is 0 Å².